The topological polar surface area (TPSA) is 36.9 Å². The summed E-state index contributed by atoms with van der Waals surface area (Å²) in [7, 11) is 6.73. The lowest BCUT2D eigenvalue weighted by molar-refractivity contribution is 0.411. The van der Waals surface area contributed by atoms with Gasteiger partial charge in [0.1, 0.15) is 23.0 Å². The second-order valence-corrected chi connectivity index (χ2v) is 6.46. The summed E-state index contributed by atoms with van der Waals surface area (Å²) in [6.45, 7) is 0. The molecular weight excluding hydrogens is 352 g/mol. The number of methoxy groups -OCH3 is 4. The summed E-state index contributed by atoms with van der Waals surface area (Å²) in [4.78, 5) is 0. The summed E-state index contributed by atoms with van der Waals surface area (Å²) < 4.78 is 22.3. The number of ether oxygens (including phenoxy) is 4. The molecule has 0 spiro atoms. The van der Waals surface area contributed by atoms with Crippen LogP contribution in [0.4, 0.5) is 0 Å². The maximum Gasteiger partial charge on any atom is 0.127 e. The lowest BCUT2D eigenvalue weighted by Crippen LogP contribution is -1.95. The molecule has 4 aromatic carbocycles. The van der Waals surface area contributed by atoms with Crippen molar-refractivity contribution in [1.82, 2.24) is 0 Å². The second-order valence-electron chi connectivity index (χ2n) is 6.46. The summed E-state index contributed by atoms with van der Waals surface area (Å²) >= 11 is 0. The first-order chi connectivity index (χ1) is 13.7. The van der Waals surface area contributed by atoms with E-state index in [1.54, 1.807) is 28.4 Å². The zero-order valence-electron chi connectivity index (χ0n) is 16.4. The summed E-state index contributed by atoms with van der Waals surface area (Å²) in [6.07, 6.45) is 0. The van der Waals surface area contributed by atoms with Crippen LogP contribution in [0.15, 0.2) is 60.7 Å². The van der Waals surface area contributed by atoms with Crippen molar-refractivity contribution in [3.8, 4) is 34.1 Å². The Morgan fingerprint density at radius 1 is 0.464 bits per heavy atom. The number of rotatable bonds is 5. The molecular formula is C24H22O4. The molecule has 0 saturated carbocycles. The van der Waals surface area contributed by atoms with E-state index in [1.165, 1.54) is 0 Å². The molecule has 0 fully saturated rings. The van der Waals surface area contributed by atoms with Crippen molar-refractivity contribution in [2.45, 2.75) is 0 Å². The molecule has 28 heavy (non-hydrogen) atoms. The predicted molar refractivity (Wildman–Crippen MR) is 113 cm³/mol. The monoisotopic (exact) mass is 374 g/mol. The standard InChI is InChI=1S/C24H22O4/c1-25-17-7-9-19-15(13-17)5-11-21(27-3)23(19)24-20-10-8-18(26-2)14-16(20)6-12-22(24)28-4/h5-14H,1-4H3. The Morgan fingerprint density at radius 2 is 0.893 bits per heavy atom. The molecule has 0 bridgehead atoms. The van der Waals surface area contributed by atoms with Gasteiger partial charge in [0.2, 0.25) is 0 Å². The van der Waals surface area contributed by atoms with Crippen molar-refractivity contribution in [3.63, 3.8) is 0 Å². The van der Waals surface area contributed by atoms with Gasteiger partial charge in [0.05, 0.1) is 28.4 Å². The molecule has 4 heteroatoms. The fraction of sp³-hybridized carbons (Fsp3) is 0.167. The highest BCUT2D eigenvalue weighted by Gasteiger charge is 2.18. The molecule has 0 heterocycles. The highest BCUT2D eigenvalue weighted by Crippen LogP contribution is 2.46. The van der Waals surface area contributed by atoms with Crippen LogP contribution in [0, 0.1) is 0 Å². The van der Waals surface area contributed by atoms with Gasteiger partial charge < -0.3 is 18.9 Å². The highest BCUT2D eigenvalue weighted by atomic mass is 16.5. The third-order valence-corrected chi connectivity index (χ3v) is 5.07. The van der Waals surface area contributed by atoms with Gasteiger partial charge in [-0.1, -0.05) is 12.1 Å². The van der Waals surface area contributed by atoms with E-state index in [9.17, 15) is 0 Å². The number of fused-ring (bicyclic) bond motifs is 2. The molecule has 0 radical (unpaired) electrons. The van der Waals surface area contributed by atoms with Crippen molar-refractivity contribution >= 4 is 21.5 Å². The Kier molecular flexibility index (Phi) is 4.70. The first-order valence-corrected chi connectivity index (χ1v) is 9.00. The fourth-order valence-corrected chi connectivity index (χ4v) is 3.69. The number of hydrogen-bond acceptors (Lipinski definition) is 4. The molecule has 4 aromatic rings. The van der Waals surface area contributed by atoms with Crippen LogP contribution < -0.4 is 18.9 Å². The molecule has 0 amide bonds. The van der Waals surface area contributed by atoms with Gasteiger partial charge in [0.25, 0.3) is 0 Å². The molecule has 0 aliphatic carbocycles. The van der Waals surface area contributed by atoms with E-state index in [1.807, 2.05) is 48.5 Å². The summed E-state index contributed by atoms with van der Waals surface area (Å²) in [5.41, 5.74) is 1.99. The summed E-state index contributed by atoms with van der Waals surface area (Å²) in [5, 5.41) is 4.29. The van der Waals surface area contributed by atoms with E-state index < -0.39 is 0 Å². The van der Waals surface area contributed by atoms with E-state index in [2.05, 4.69) is 12.1 Å². The molecule has 0 aromatic heterocycles. The van der Waals surface area contributed by atoms with Gasteiger partial charge in [0.15, 0.2) is 0 Å². The third-order valence-electron chi connectivity index (χ3n) is 5.07. The van der Waals surface area contributed by atoms with Crippen LogP contribution in [-0.2, 0) is 0 Å². The van der Waals surface area contributed by atoms with E-state index in [-0.39, 0.29) is 0 Å². The lowest BCUT2D eigenvalue weighted by Gasteiger charge is -2.18. The molecule has 4 rings (SSSR count). The Hall–Kier alpha value is -3.40. The van der Waals surface area contributed by atoms with Crippen LogP contribution in [0.2, 0.25) is 0 Å². The Morgan fingerprint density at radius 3 is 1.25 bits per heavy atom. The van der Waals surface area contributed by atoms with Gasteiger partial charge >= 0.3 is 0 Å². The third kappa shape index (κ3) is 2.87. The van der Waals surface area contributed by atoms with E-state index in [0.29, 0.717) is 0 Å². The van der Waals surface area contributed by atoms with E-state index in [0.717, 1.165) is 55.7 Å². The summed E-state index contributed by atoms with van der Waals surface area (Å²) in [6, 6.07) is 20.2. The van der Waals surface area contributed by atoms with Gasteiger partial charge in [-0.3, -0.25) is 0 Å². The number of hydrogen-bond donors (Lipinski definition) is 0. The molecule has 0 N–H and O–H groups in total. The Bertz CT molecular complexity index is 1070. The van der Waals surface area contributed by atoms with Crippen LogP contribution in [0.5, 0.6) is 23.0 Å². The smallest absolute Gasteiger partial charge is 0.127 e. The fourth-order valence-electron chi connectivity index (χ4n) is 3.69. The molecule has 0 saturated heterocycles. The molecule has 0 atom stereocenters. The molecule has 0 aliphatic rings. The van der Waals surface area contributed by atoms with Crippen molar-refractivity contribution in [2.24, 2.45) is 0 Å². The summed E-state index contributed by atoms with van der Waals surface area (Å²) in [5.74, 6) is 3.22. The van der Waals surface area contributed by atoms with Crippen molar-refractivity contribution < 1.29 is 18.9 Å². The van der Waals surface area contributed by atoms with Crippen LogP contribution >= 0.6 is 0 Å². The maximum atomic E-state index is 5.75. The van der Waals surface area contributed by atoms with Gasteiger partial charge in [-0.05, 0) is 70.1 Å². The molecule has 4 nitrogen and oxygen atoms in total. The minimum Gasteiger partial charge on any atom is -0.497 e. The average molecular weight is 374 g/mol. The minimum absolute atomic E-state index is 0.791. The SMILES string of the molecule is COc1ccc2c(-c3c(OC)ccc4cc(OC)ccc34)c(OC)ccc2c1. The van der Waals surface area contributed by atoms with Crippen LogP contribution in [0.25, 0.3) is 32.7 Å². The highest BCUT2D eigenvalue weighted by molar-refractivity contribution is 6.10. The Labute approximate surface area is 164 Å². The quantitative estimate of drug-likeness (QED) is 0.449. The predicted octanol–water partition coefficient (Wildman–Crippen LogP) is 5.69. The Balaban J connectivity index is 2.13. The van der Waals surface area contributed by atoms with Gasteiger partial charge in [-0.15, -0.1) is 0 Å². The molecule has 0 unspecified atom stereocenters. The van der Waals surface area contributed by atoms with Crippen LogP contribution in [-0.4, -0.2) is 28.4 Å². The van der Waals surface area contributed by atoms with Crippen LogP contribution in [0.3, 0.4) is 0 Å². The average Bonchev–Trinajstić information content (AvgIpc) is 2.76. The largest absolute Gasteiger partial charge is 0.497 e. The van der Waals surface area contributed by atoms with Gasteiger partial charge in [-0.25, -0.2) is 0 Å². The van der Waals surface area contributed by atoms with E-state index >= 15 is 0 Å². The maximum absolute atomic E-state index is 5.75. The van der Waals surface area contributed by atoms with Crippen molar-refractivity contribution in [1.29, 1.82) is 0 Å². The van der Waals surface area contributed by atoms with Gasteiger partial charge in [0, 0.05) is 11.1 Å². The van der Waals surface area contributed by atoms with E-state index in [4.69, 9.17) is 18.9 Å². The lowest BCUT2D eigenvalue weighted by atomic mass is 9.92. The number of benzene rings is 4. The molecule has 0 aliphatic heterocycles. The minimum atomic E-state index is 0.791. The van der Waals surface area contributed by atoms with Gasteiger partial charge in [-0.2, -0.15) is 0 Å². The first kappa shape index (κ1) is 18.0. The zero-order valence-corrected chi connectivity index (χ0v) is 16.4. The van der Waals surface area contributed by atoms with Crippen LogP contribution in [0.1, 0.15) is 0 Å². The normalized spacial score (nSPS) is 10.9. The van der Waals surface area contributed by atoms with Crippen molar-refractivity contribution in [2.75, 3.05) is 28.4 Å². The first-order valence-electron chi connectivity index (χ1n) is 9.00. The van der Waals surface area contributed by atoms with Crippen molar-refractivity contribution in [3.05, 3.63) is 60.7 Å². The second kappa shape index (κ2) is 7.31. The molecule has 142 valence electrons. The zero-order chi connectivity index (χ0) is 19.7.